The molecule has 0 saturated heterocycles. The van der Waals surface area contributed by atoms with Crippen LogP contribution in [0.2, 0.25) is 0 Å². The zero-order valence-corrected chi connectivity index (χ0v) is 18.7. The first-order valence-corrected chi connectivity index (χ1v) is 10.1. The predicted octanol–water partition coefficient (Wildman–Crippen LogP) is 2.88. The monoisotopic (exact) mass is 461 g/mol. The SMILES string of the molecule is CC1=C(C(=O)OCC(C)C)[C@@H](c2ccc(Br)cc2)c2c(n(C)c(=O)n(C)c2=O)N1. The van der Waals surface area contributed by atoms with E-state index in [1.807, 2.05) is 38.1 Å². The highest BCUT2D eigenvalue weighted by atomic mass is 79.9. The van der Waals surface area contributed by atoms with Gasteiger partial charge in [-0.25, -0.2) is 9.59 Å². The van der Waals surface area contributed by atoms with Crippen LogP contribution in [0.4, 0.5) is 5.82 Å². The molecule has 0 spiro atoms. The summed E-state index contributed by atoms with van der Waals surface area (Å²) in [5.74, 6) is -0.546. The third kappa shape index (κ3) is 3.81. The quantitative estimate of drug-likeness (QED) is 0.707. The van der Waals surface area contributed by atoms with E-state index in [9.17, 15) is 14.4 Å². The van der Waals surface area contributed by atoms with E-state index in [1.54, 1.807) is 14.0 Å². The van der Waals surface area contributed by atoms with Crippen molar-refractivity contribution in [1.29, 1.82) is 0 Å². The number of carbonyl (C=O) groups excluding carboxylic acids is 1. The average molecular weight is 462 g/mol. The maximum atomic E-state index is 13.1. The molecule has 0 saturated carbocycles. The topological polar surface area (TPSA) is 82.3 Å². The average Bonchev–Trinajstić information content (AvgIpc) is 2.68. The Bertz CT molecular complexity index is 1110. The van der Waals surface area contributed by atoms with Crippen LogP contribution >= 0.6 is 15.9 Å². The highest BCUT2D eigenvalue weighted by Gasteiger charge is 2.37. The predicted molar refractivity (Wildman–Crippen MR) is 115 cm³/mol. The lowest BCUT2D eigenvalue weighted by atomic mass is 9.82. The van der Waals surface area contributed by atoms with Gasteiger partial charge in [0.15, 0.2) is 0 Å². The largest absolute Gasteiger partial charge is 0.462 e. The Morgan fingerprint density at radius 3 is 2.38 bits per heavy atom. The Morgan fingerprint density at radius 2 is 1.79 bits per heavy atom. The number of allylic oxidation sites excluding steroid dienone is 1. The van der Waals surface area contributed by atoms with E-state index in [4.69, 9.17) is 4.74 Å². The second kappa shape index (κ2) is 8.02. The molecular formula is C21H24BrN3O4. The fourth-order valence-electron chi connectivity index (χ4n) is 3.47. The van der Waals surface area contributed by atoms with E-state index >= 15 is 0 Å². The number of benzene rings is 1. The third-order valence-corrected chi connectivity index (χ3v) is 5.49. The number of nitrogens with one attached hydrogen (secondary N) is 1. The van der Waals surface area contributed by atoms with Gasteiger partial charge in [0.05, 0.1) is 23.7 Å². The molecule has 0 aliphatic carbocycles. The van der Waals surface area contributed by atoms with Crippen molar-refractivity contribution in [3.8, 4) is 0 Å². The van der Waals surface area contributed by atoms with Crippen LogP contribution in [0, 0.1) is 5.92 Å². The maximum absolute atomic E-state index is 13.1. The number of ether oxygens (including phenoxy) is 1. The van der Waals surface area contributed by atoms with E-state index in [0.717, 1.165) is 14.6 Å². The molecule has 1 aliphatic rings. The molecule has 29 heavy (non-hydrogen) atoms. The number of rotatable bonds is 4. The lowest BCUT2D eigenvalue weighted by Crippen LogP contribution is -2.43. The van der Waals surface area contributed by atoms with Crippen molar-refractivity contribution in [2.45, 2.75) is 26.7 Å². The molecule has 0 radical (unpaired) electrons. The molecule has 1 aromatic heterocycles. The van der Waals surface area contributed by atoms with Crippen LogP contribution in [-0.4, -0.2) is 21.7 Å². The molecule has 0 fully saturated rings. The van der Waals surface area contributed by atoms with Crippen molar-refractivity contribution in [3.63, 3.8) is 0 Å². The second-order valence-electron chi connectivity index (χ2n) is 7.61. The molecule has 0 unspecified atom stereocenters. The van der Waals surface area contributed by atoms with E-state index in [1.165, 1.54) is 11.6 Å². The minimum Gasteiger partial charge on any atom is -0.462 e. The lowest BCUT2D eigenvalue weighted by molar-refractivity contribution is -0.140. The zero-order valence-electron chi connectivity index (χ0n) is 17.1. The molecule has 0 bridgehead atoms. The van der Waals surface area contributed by atoms with Crippen molar-refractivity contribution in [2.24, 2.45) is 20.0 Å². The Morgan fingerprint density at radius 1 is 1.17 bits per heavy atom. The highest BCUT2D eigenvalue weighted by Crippen LogP contribution is 2.40. The van der Waals surface area contributed by atoms with Gasteiger partial charge in [-0.05, 0) is 30.5 Å². The van der Waals surface area contributed by atoms with Crippen LogP contribution in [0.1, 0.15) is 37.8 Å². The first-order valence-electron chi connectivity index (χ1n) is 9.33. The Hall–Kier alpha value is -2.61. The number of fused-ring (bicyclic) bond motifs is 1. The van der Waals surface area contributed by atoms with Crippen molar-refractivity contribution in [3.05, 3.63) is 72.0 Å². The first kappa shape index (κ1) is 21.1. The molecule has 1 aromatic carbocycles. The second-order valence-corrected chi connectivity index (χ2v) is 8.52. The smallest absolute Gasteiger partial charge is 0.336 e. The highest BCUT2D eigenvalue weighted by molar-refractivity contribution is 9.10. The number of nitrogens with zero attached hydrogens (tertiary/aromatic N) is 2. The summed E-state index contributed by atoms with van der Waals surface area (Å²) in [6.45, 7) is 5.95. The normalized spacial score (nSPS) is 15.9. The molecule has 154 valence electrons. The van der Waals surface area contributed by atoms with Gasteiger partial charge in [0.2, 0.25) is 0 Å². The number of anilines is 1. The molecule has 2 aromatic rings. The molecular weight excluding hydrogens is 438 g/mol. The number of aromatic nitrogens is 2. The summed E-state index contributed by atoms with van der Waals surface area (Å²) in [6, 6.07) is 7.43. The number of carbonyl (C=O) groups is 1. The van der Waals surface area contributed by atoms with Crippen LogP contribution in [0.25, 0.3) is 0 Å². The molecule has 1 atom stereocenters. The van der Waals surface area contributed by atoms with Gasteiger partial charge in [-0.3, -0.25) is 13.9 Å². The molecule has 1 N–H and O–H groups in total. The summed E-state index contributed by atoms with van der Waals surface area (Å²) in [5, 5.41) is 3.09. The van der Waals surface area contributed by atoms with Gasteiger partial charge in [0, 0.05) is 24.3 Å². The van der Waals surface area contributed by atoms with Crippen molar-refractivity contribution >= 4 is 27.7 Å². The van der Waals surface area contributed by atoms with Gasteiger partial charge in [0.25, 0.3) is 5.56 Å². The first-order chi connectivity index (χ1) is 13.6. The summed E-state index contributed by atoms with van der Waals surface area (Å²) in [4.78, 5) is 38.5. The summed E-state index contributed by atoms with van der Waals surface area (Å²) < 4.78 is 8.84. The fraction of sp³-hybridized carbons (Fsp3) is 0.381. The number of halogens is 1. The van der Waals surface area contributed by atoms with E-state index in [0.29, 0.717) is 22.7 Å². The Labute approximate surface area is 177 Å². The molecule has 0 amide bonds. The summed E-state index contributed by atoms with van der Waals surface area (Å²) in [6.07, 6.45) is 0. The van der Waals surface area contributed by atoms with Crippen LogP contribution in [0.15, 0.2) is 49.6 Å². The van der Waals surface area contributed by atoms with E-state index in [-0.39, 0.29) is 12.5 Å². The molecule has 7 nitrogen and oxygen atoms in total. The van der Waals surface area contributed by atoms with Gasteiger partial charge < -0.3 is 10.1 Å². The van der Waals surface area contributed by atoms with Gasteiger partial charge >= 0.3 is 11.7 Å². The van der Waals surface area contributed by atoms with Crippen LogP contribution in [0.3, 0.4) is 0 Å². The van der Waals surface area contributed by atoms with Gasteiger partial charge in [-0.15, -0.1) is 0 Å². The lowest BCUT2D eigenvalue weighted by Gasteiger charge is -2.31. The minimum absolute atomic E-state index is 0.184. The Kier molecular flexibility index (Phi) is 5.84. The van der Waals surface area contributed by atoms with Crippen molar-refractivity contribution in [2.75, 3.05) is 11.9 Å². The van der Waals surface area contributed by atoms with Gasteiger partial charge in [0.1, 0.15) is 5.82 Å². The number of esters is 1. The summed E-state index contributed by atoms with van der Waals surface area (Å²) in [7, 11) is 3.03. The molecule has 3 rings (SSSR count). The number of hydrogen-bond acceptors (Lipinski definition) is 5. The van der Waals surface area contributed by atoms with Crippen LogP contribution in [0.5, 0.6) is 0 Å². The van der Waals surface area contributed by atoms with Crippen molar-refractivity contribution in [1.82, 2.24) is 9.13 Å². The minimum atomic E-state index is -0.649. The molecule has 2 heterocycles. The Balaban J connectivity index is 2.28. The fourth-order valence-corrected chi connectivity index (χ4v) is 3.73. The van der Waals surface area contributed by atoms with E-state index < -0.39 is 23.1 Å². The van der Waals surface area contributed by atoms with Gasteiger partial charge in [-0.1, -0.05) is 41.9 Å². The van der Waals surface area contributed by atoms with Crippen LogP contribution < -0.4 is 16.6 Å². The van der Waals surface area contributed by atoms with E-state index in [2.05, 4.69) is 21.2 Å². The van der Waals surface area contributed by atoms with Crippen molar-refractivity contribution < 1.29 is 9.53 Å². The van der Waals surface area contributed by atoms with Gasteiger partial charge in [-0.2, -0.15) is 0 Å². The summed E-state index contributed by atoms with van der Waals surface area (Å²) >= 11 is 3.42. The third-order valence-electron chi connectivity index (χ3n) is 4.96. The maximum Gasteiger partial charge on any atom is 0.336 e. The molecule has 1 aliphatic heterocycles. The standard InChI is InChI=1S/C21H24BrN3O4/c1-11(2)10-29-20(27)15-12(3)23-18-17(19(26)25(5)21(28)24(18)4)16(15)13-6-8-14(22)9-7-13/h6-9,11,16,23H,10H2,1-5H3/t16-/m1/s1. The zero-order chi connectivity index (χ0) is 21.5. The van der Waals surface area contributed by atoms with Crippen LogP contribution in [-0.2, 0) is 23.6 Å². The molecule has 8 heteroatoms. The number of hydrogen-bond donors (Lipinski definition) is 1. The summed E-state index contributed by atoms with van der Waals surface area (Å²) in [5.41, 5.74) is 1.17.